The van der Waals surface area contributed by atoms with E-state index in [0.29, 0.717) is 18.7 Å². The topological polar surface area (TPSA) is 58.4 Å². The molecule has 0 radical (unpaired) electrons. The molecule has 3 aromatic rings. The van der Waals surface area contributed by atoms with E-state index in [9.17, 15) is 9.90 Å². The number of aliphatic hydroxyl groups excluding tert-OH is 1. The number of para-hydroxylation sites is 1. The third-order valence-electron chi connectivity index (χ3n) is 5.26. The molecule has 138 valence electrons. The number of carbonyl (C=O) groups excluding carboxylic acids is 1. The Hall–Kier alpha value is -2.92. The predicted octanol–water partition coefficient (Wildman–Crippen LogP) is 3.46. The molecule has 0 unspecified atom stereocenters. The second-order valence-electron chi connectivity index (χ2n) is 6.99. The van der Waals surface area contributed by atoms with Gasteiger partial charge in [-0.15, -0.1) is 0 Å². The highest BCUT2D eigenvalue weighted by atomic mass is 16.3. The van der Waals surface area contributed by atoms with Crippen LogP contribution in [0.1, 0.15) is 34.9 Å². The number of benzene rings is 2. The van der Waals surface area contributed by atoms with Gasteiger partial charge in [0, 0.05) is 19.3 Å². The summed E-state index contributed by atoms with van der Waals surface area (Å²) in [6, 6.07) is 19.5. The molecule has 1 N–H and O–H groups in total. The minimum absolute atomic E-state index is 0.00447. The zero-order chi connectivity index (χ0) is 18.6. The average molecular weight is 361 g/mol. The summed E-state index contributed by atoms with van der Waals surface area (Å²) in [6.07, 6.45) is 4.54. The average Bonchev–Trinajstić information content (AvgIpc) is 3.24. The van der Waals surface area contributed by atoms with Crippen LogP contribution in [-0.4, -0.2) is 38.8 Å². The molecule has 5 nitrogen and oxygen atoms in total. The Morgan fingerprint density at radius 1 is 1.00 bits per heavy atom. The Morgan fingerprint density at radius 3 is 2.30 bits per heavy atom. The number of likely N-dealkylation sites (tertiary alicyclic amines) is 1. The van der Waals surface area contributed by atoms with E-state index in [-0.39, 0.29) is 11.8 Å². The molecule has 1 aromatic heterocycles. The van der Waals surface area contributed by atoms with Gasteiger partial charge >= 0.3 is 0 Å². The molecular weight excluding hydrogens is 338 g/mol. The smallest absolute Gasteiger partial charge is 0.257 e. The van der Waals surface area contributed by atoms with Gasteiger partial charge in [0.15, 0.2) is 0 Å². The van der Waals surface area contributed by atoms with E-state index in [4.69, 9.17) is 0 Å². The first-order chi connectivity index (χ1) is 13.2. The summed E-state index contributed by atoms with van der Waals surface area (Å²) in [5.74, 6) is 0.188. The third kappa shape index (κ3) is 3.78. The van der Waals surface area contributed by atoms with Crippen molar-refractivity contribution >= 4 is 5.91 Å². The van der Waals surface area contributed by atoms with Crippen molar-refractivity contribution in [2.75, 3.05) is 13.1 Å². The molecule has 0 saturated carbocycles. The van der Waals surface area contributed by atoms with Crippen LogP contribution in [0, 0.1) is 5.92 Å². The SMILES string of the molecule is O=C(c1cnn(-c2ccccc2)c1)N1CCC([C@H](O)c2ccccc2)CC1. The van der Waals surface area contributed by atoms with Gasteiger partial charge < -0.3 is 10.0 Å². The van der Waals surface area contributed by atoms with Crippen LogP contribution < -0.4 is 0 Å². The fourth-order valence-corrected chi connectivity index (χ4v) is 3.68. The van der Waals surface area contributed by atoms with Gasteiger partial charge in [0.25, 0.3) is 5.91 Å². The van der Waals surface area contributed by atoms with Crippen molar-refractivity contribution in [1.29, 1.82) is 0 Å². The van der Waals surface area contributed by atoms with E-state index in [2.05, 4.69) is 5.10 Å². The van der Waals surface area contributed by atoms with Crippen molar-refractivity contribution in [1.82, 2.24) is 14.7 Å². The Morgan fingerprint density at radius 2 is 1.63 bits per heavy atom. The Kier molecular flexibility index (Phi) is 5.03. The summed E-state index contributed by atoms with van der Waals surface area (Å²) in [7, 11) is 0. The van der Waals surface area contributed by atoms with E-state index in [0.717, 1.165) is 24.1 Å². The standard InChI is InChI=1S/C22H23N3O2/c26-21(17-7-3-1-4-8-17)18-11-13-24(14-12-18)22(27)19-15-23-25(16-19)20-9-5-2-6-10-20/h1-10,15-16,18,21,26H,11-14H2/t21-/m1/s1. The fraction of sp³-hybridized carbons (Fsp3) is 0.273. The van der Waals surface area contributed by atoms with Gasteiger partial charge in [-0.25, -0.2) is 4.68 Å². The molecule has 1 atom stereocenters. The highest BCUT2D eigenvalue weighted by molar-refractivity contribution is 5.93. The number of hydrogen-bond donors (Lipinski definition) is 1. The molecule has 1 fully saturated rings. The molecule has 2 heterocycles. The van der Waals surface area contributed by atoms with Crippen LogP contribution in [-0.2, 0) is 0 Å². The van der Waals surface area contributed by atoms with Crippen LogP contribution in [0.15, 0.2) is 73.1 Å². The number of aromatic nitrogens is 2. The Labute approximate surface area is 158 Å². The molecule has 0 bridgehead atoms. The monoisotopic (exact) mass is 361 g/mol. The minimum Gasteiger partial charge on any atom is -0.388 e. The summed E-state index contributed by atoms with van der Waals surface area (Å²) in [5, 5.41) is 14.9. The second kappa shape index (κ2) is 7.76. The molecule has 2 aromatic carbocycles. The quantitative estimate of drug-likeness (QED) is 0.774. The van der Waals surface area contributed by atoms with Gasteiger partial charge in [0.05, 0.1) is 23.6 Å². The largest absolute Gasteiger partial charge is 0.388 e. The van der Waals surface area contributed by atoms with Gasteiger partial charge in [0.2, 0.25) is 0 Å². The number of amides is 1. The van der Waals surface area contributed by atoms with Crippen LogP contribution in [0.25, 0.3) is 5.69 Å². The molecule has 1 aliphatic rings. The van der Waals surface area contributed by atoms with Crippen molar-refractivity contribution in [3.8, 4) is 5.69 Å². The summed E-state index contributed by atoms with van der Waals surface area (Å²) in [5.41, 5.74) is 2.48. The number of carbonyl (C=O) groups is 1. The van der Waals surface area contributed by atoms with Crippen LogP contribution >= 0.6 is 0 Å². The summed E-state index contributed by atoms with van der Waals surface area (Å²) >= 11 is 0. The Bertz CT molecular complexity index is 884. The van der Waals surface area contributed by atoms with Crippen LogP contribution in [0.4, 0.5) is 0 Å². The van der Waals surface area contributed by atoms with E-state index < -0.39 is 6.10 Å². The lowest BCUT2D eigenvalue weighted by Crippen LogP contribution is -2.39. The summed E-state index contributed by atoms with van der Waals surface area (Å²) in [6.45, 7) is 1.31. The normalized spacial score (nSPS) is 16.3. The Balaban J connectivity index is 1.38. The molecule has 27 heavy (non-hydrogen) atoms. The highest BCUT2D eigenvalue weighted by Gasteiger charge is 2.29. The van der Waals surface area contributed by atoms with E-state index in [1.165, 1.54) is 0 Å². The summed E-state index contributed by atoms with van der Waals surface area (Å²) < 4.78 is 1.72. The zero-order valence-electron chi connectivity index (χ0n) is 15.1. The maximum absolute atomic E-state index is 12.8. The number of rotatable bonds is 4. The second-order valence-corrected chi connectivity index (χ2v) is 6.99. The molecule has 0 aliphatic carbocycles. The number of piperidine rings is 1. The molecule has 1 saturated heterocycles. The molecule has 5 heteroatoms. The minimum atomic E-state index is -0.468. The van der Waals surface area contributed by atoms with Crippen molar-refractivity contribution < 1.29 is 9.90 Å². The number of nitrogens with zero attached hydrogens (tertiary/aromatic N) is 3. The maximum atomic E-state index is 12.8. The van der Waals surface area contributed by atoms with E-state index >= 15 is 0 Å². The van der Waals surface area contributed by atoms with Crippen LogP contribution in [0.2, 0.25) is 0 Å². The van der Waals surface area contributed by atoms with Gasteiger partial charge in [-0.05, 0) is 36.5 Å². The molecular formula is C22H23N3O2. The fourth-order valence-electron chi connectivity index (χ4n) is 3.68. The number of hydrogen-bond acceptors (Lipinski definition) is 3. The third-order valence-corrected chi connectivity index (χ3v) is 5.26. The van der Waals surface area contributed by atoms with Crippen LogP contribution in [0.5, 0.6) is 0 Å². The summed E-state index contributed by atoms with van der Waals surface area (Å²) in [4.78, 5) is 14.7. The van der Waals surface area contributed by atoms with Gasteiger partial charge in [-0.1, -0.05) is 48.5 Å². The highest BCUT2D eigenvalue weighted by Crippen LogP contribution is 2.31. The molecule has 1 amide bonds. The first kappa shape index (κ1) is 17.5. The van der Waals surface area contributed by atoms with Gasteiger partial charge in [0.1, 0.15) is 0 Å². The molecule has 4 rings (SSSR count). The lowest BCUT2D eigenvalue weighted by Gasteiger charge is -2.34. The van der Waals surface area contributed by atoms with Crippen LogP contribution in [0.3, 0.4) is 0 Å². The number of aliphatic hydroxyl groups is 1. The lowest BCUT2D eigenvalue weighted by molar-refractivity contribution is 0.0462. The lowest BCUT2D eigenvalue weighted by atomic mass is 9.87. The zero-order valence-corrected chi connectivity index (χ0v) is 15.1. The van der Waals surface area contributed by atoms with Crippen molar-refractivity contribution in [3.05, 3.63) is 84.2 Å². The van der Waals surface area contributed by atoms with Crippen molar-refractivity contribution in [2.45, 2.75) is 18.9 Å². The van der Waals surface area contributed by atoms with E-state index in [1.807, 2.05) is 65.6 Å². The van der Waals surface area contributed by atoms with E-state index in [1.54, 1.807) is 17.1 Å². The first-order valence-electron chi connectivity index (χ1n) is 9.35. The van der Waals surface area contributed by atoms with Crippen molar-refractivity contribution in [2.24, 2.45) is 5.92 Å². The maximum Gasteiger partial charge on any atom is 0.257 e. The van der Waals surface area contributed by atoms with Crippen molar-refractivity contribution in [3.63, 3.8) is 0 Å². The van der Waals surface area contributed by atoms with Gasteiger partial charge in [-0.2, -0.15) is 5.10 Å². The van der Waals surface area contributed by atoms with Gasteiger partial charge in [-0.3, -0.25) is 4.79 Å². The molecule has 0 spiro atoms. The molecule has 1 aliphatic heterocycles. The predicted molar refractivity (Wildman–Crippen MR) is 104 cm³/mol. The first-order valence-corrected chi connectivity index (χ1v) is 9.35.